The lowest BCUT2D eigenvalue weighted by Gasteiger charge is -2.44. The standard InChI is InChI=1S/C21H38O3SSi/c1-17(2)26(18(3)4,19(5)6)24-20(7)13-11-12-16-25(22,23)21-14-9-8-10-15-21/h8-10,14-15,17-20H,11-13,16H2,1-7H3. The van der Waals surface area contributed by atoms with Crippen LogP contribution >= 0.6 is 0 Å². The third kappa shape index (κ3) is 5.93. The van der Waals surface area contributed by atoms with Gasteiger partial charge in [-0.15, -0.1) is 0 Å². The summed E-state index contributed by atoms with van der Waals surface area (Å²) in [6.07, 6.45) is 2.68. The molecule has 150 valence electrons. The highest BCUT2D eigenvalue weighted by Gasteiger charge is 2.45. The molecule has 0 N–H and O–H groups in total. The van der Waals surface area contributed by atoms with Crippen LogP contribution in [0.5, 0.6) is 0 Å². The first kappa shape index (κ1) is 23.4. The van der Waals surface area contributed by atoms with Gasteiger partial charge >= 0.3 is 0 Å². The predicted molar refractivity (Wildman–Crippen MR) is 114 cm³/mol. The molecular weight excluding hydrogens is 360 g/mol. The molecule has 0 amide bonds. The Morgan fingerprint density at radius 1 is 0.846 bits per heavy atom. The molecule has 0 radical (unpaired) electrons. The average molecular weight is 399 g/mol. The molecule has 3 nitrogen and oxygen atoms in total. The second-order valence-electron chi connectivity index (χ2n) is 8.37. The molecule has 0 aromatic heterocycles. The molecule has 26 heavy (non-hydrogen) atoms. The van der Waals surface area contributed by atoms with E-state index < -0.39 is 18.2 Å². The van der Waals surface area contributed by atoms with Gasteiger partial charge in [0.15, 0.2) is 9.84 Å². The predicted octanol–water partition coefficient (Wildman–Crippen LogP) is 6.21. The summed E-state index contributed by atoms with van der Waals surface area (Å²) in [5.41, 5.74) is 1.72. The van der Waals surface area contributed by atoms with Gasteiger partial charge in [-0.25, -0.2) is 8.42 Å². The third-order valence-corrected chi connectivity index (χ3v) is 13.5. The Bertz CT molecular complexity index is 602. The van der Waals surface area contributed by atoms with Crippen molar-refractivity contribution in [3.63, 3.8) is 0 Å². The van der Waals surface area contributed by atoms with Gasteiger partial charge in [-0.3, -0.25) is 0 Å². The van der Waals surface area contributed by atoms with E-state index in [1.807, 2.05) is 6.07 Å². The smallest absolute Gasteiger partial charge is 0.200 e. The van der Waals surface area contributed by atoms with Crippen LogP contribution in [0.3, 0.4) is 0 Å². The molecule has 1 unspecified atom stereocenters. The molecule has 0 saturated carbocycles. The van der Waals surface area contributed by atoms with E-state index in [1.54, 1.807) is 24.3 Å². The minimum atomic E-state index is -3.17. The van der Waals surface area contributed by atoms with Crippen LogP contribution in [0.1, 0.15) is 67.7 Å². The number of rotatable bonds is 11. The van der Waals surface area contributed by atoms with Crippen LogP contribution in [0.15, 0.2) is 35.2 Å². The largest absolute Gasteiger partial charge is 0.413 e. The summed E-state index contributed by atoms with van der Waals surface area (Å²) < 4.78 is 31.4. The Kier molecular flexibility index (Phi) is 9.04. The number of unbranched alkanes of at least 4 members (excludes halogenated alkanes) is 1. The van der Waals surface area contributed by atoms with E-state index in [0.717, 1.165) is 12.8 Å². The quantitative estimate of drug-likeness (QED) is 0.329. The zero-order chi connectivity index (χ0) is 20.0. The monoisotopic (exact) mass is 398 g/mol. The summed E-state index contributed by atoms with van der Waals surface area (Å²) >= 11 is 0. The van der Waals surface area contributed by atoms with Crippen molar-refractivity contribution in [3.05, 3.63) is 30.3 Å². The summed E-state index contributed by atoms with van der Waals surface area (Å²) in [6.45, 7) is 15.9. The van der Waals surface area contributed by atoms with Crippen LogP contribution in [0.25, 0.3) is 0 Å². The Morgan fingerprint density at radius 3 is 1.81 bits per heavy atom. The van der Waals surface area contributed by atoms with Crippen LogP contribution in [-0.2, 0) is 14.3 Å². The summed E-state index contributed by atoms with van der Waals surface area (Å²) in [6, 6.07) is 8.74. The van der Waals surface area contributed by atoms with E-state index in [1.165, 1.54) is 0 Å². The average Bonchev–Trinajstić information content (AvgIpc) is 2.56. The van der Waals surface area contributed by atoms with Crippen molar-refractivity contribution in [2.45, 2.75) is 95.4 Å². The highest BCUT2D eigenvalue weighted by molar-refractivity contribution is 7.91. The van der Waals surface area contributed by atoms with Crippen molar-refractivity contribution in [1.29, 1.82) is 0 Å². The molecule has 1 rings (SSSR count). The lowest BCUT2D eigenvalue weighted by atomic mass is 10.2. The fourth-order valence-corrected chi connectivity index (χ4v) is 11.3. The Hall–Kier alpha value is -0.653. The Labute approximate surface area is 162 Å². The maximum Gasteiger partial charge on any atom is 0.200 e. The summed E-state index contributed by atoms with van der Waals surface area (Å²) in [5, 5.41) is 0. The van der Waals surface area contributed by atoms with E-state index in [2.05, 4.69) is 48.5 Å². The van der Waals surface area contributed by atoms with Crippen LogP contribution in [0, 0.1) is 0 Å². The normalized spacial score (nSPS) is 14.4. The van der Waals surface area contributed by atoms with Crippen molar-refractivity contribution in [2.24, 2.45) is 0 Å². The van der Waals surface area contributed by atoms with Gasteiger partial charge in [0.1, 0.15) is 0 Å². The van der Waals surface area contributed by atoms with E-state index in [9.17, 15) is 8.42 Å². The van der Waals surface area contributed by atoms with Crippen LogP contribution in [0.4, 0.5) is 0 Å². The van der Waals surface area contributed by atoms with Gasteiger partial charge < -0.3 is 4.43 Å². The second-order valence-corrected chi connectivity index (χ2v) is 15.9. The maximum absolute atomic E-state index is 12.3. The zero-order valence-electron chi connectivity index (χ0n) is 17.7. The molecule has 5 heteroatoms. The van der Waals surface area contributed by atoms with Crippen LogP contribution in [0.2, 0.25) is 16.6 Å². The number of hydrogen-bond donors (Lipinski definition) is 0. The van der Waals surface area contributed by atoms with Crippen LogP contribution in [-0.4, -0.2) is 28.6 Å². The third-order valence-electron chi connectivity index (χ3n) is 5.49. The fourth-order valence-electron chi connectivity index (χ4n) is 4.29. The van der Waals surface area contributed by atoms with E-state index in [4.69, 9.17) is 4.43 Å². The molecule has 1 atom stereocenters. The SMILES string of the molecule is CC(CCCCS(=O)(=O)c1ccccc1)O[Si](C(C)C)(C(C)C)C(C)C. The summed E-state index contributed by atoms with van der Waals surface area (Å²) in [5.74, 6) is 0.213. The lowest BCUT2D eigenvalue weighted by molar-refractivity contribution is 0.179. The van der Waals surface area contributed by atoms with Gasteiger partial charge in [-0.05, 0) is 54.9 Å². The Morgan fingerprint density at radius 2 is 1.35 bits per heavy atom. The molecule has 0 aliphatic carbocycles. The highest BCUT2D eigenvalue weighted by atomic mass is 32.2. The molecule has 0 spiro atoms. The molecule has 0 bridgehead atoms. The zero-order valence-corrected chi connectivity index (χ0v) is 19.5. The van der Waals surface area contributed by atoms with Gasteiger partial charge in [0.05, 0.1) is 10.6 Å². The lowest BCUT2D eigenvalue weighted by Crippen LogP contribution is -2.49. The van der Waals surface area contributed by atoms with Crippen molar-refractivity contribution < 1.29 is 12.8 Å². The van der Waals surface area contributed by atoms with Gasteiger partial charge in [0, 0.05) is 6.10 Å². The van der Waals surface area contributed by atoms with Crippen molar-refractivity contribution in [1.82, 2.24) is 0 Å². The first-order chi connectivity index (χ1) is 12.0. The van der Waals surface area contributed by atoms with E-state index in [-0.39, 0.29) is 11.9 Å². The molecule has 0 heterocycles. The van der Waals surface area contributed by atoms with E-state index in [0.29, 0.717) is 27.9 Å². The van der Waals surface area contributed by atoms with Crippen LogP contribution < -0.4 is 0 Å². The number of sulfone groups is 1. The molecule has 0 saturated heterocycles. The first-order valence-electron chi connectivity index (χ1n) is 9.99. The van der Waals surface area contributed by atoms with Gasteiger partial charge in [-0.2, -0.15) is 0 Å². The van der Waals surface area contributed by atoms with Crippen molar-refractivity contribution in [2.75, 3.05) is 5.75 Å². The molecule has 0 aliphatic heterocycles. The van der Waals surface area contributed by atoms with Gasteiger partial charge in [-0.1, -0.05) is 59.7 Å². The summed E-state index contributed by atoms with van der Waals surface area (Å²) in [4.78, 5) is 0.426. The van der Waals surface area contributed by atoms with Crippen molar-refractivity contribution >= 4 is 18.2 Å². The van der Waals surface area contributed by atoms with E-state index >= 15 is 0 Å². The number of hydrogen-bond acceptors (Lipinski definition) is 3. The van der Waals surface area contributed by atoms with Gasteiger partial charge in [0.25, 0.3) is 0 Å². The molecule has 1 aromatic rings. The Balaban J connectivity index is 2.57. The topological polar surface area (TPSA) is 43.4 Å². The fraction of sp³-hybridized carbons (Fsp3) is 0.714. The molecule has 0 aliphatic rings. The molecular formula is C21H38O3SSi. The first-order valence-corrected chi connectivity index (χ1v) is 13.8. The minimum absolute atomic E-state index is 0.188. The highest BCUT2D eigenvalue weighted by Crippen LogP contribution is 2.43. The van der Waals surface area contributed by atoms with Gasteiger partial charge in [0.2, 0.25) is 8.32 Å². The summed E-state index contributed by atoms with van der Waals surface area (Å²) in [7, 11) is -5.02. The molecule has 0 fully saturated rings. The second kappa shape index (κ2) is 10.0. The minimum Gasteiger partial charge on any atom is -0.413 e. The number of benzene rings is 1. The van der Waals surface area contributed by atoms with Crippen molar-refractivity contribution in [3.8, 4) is 0 Å². The maximum atomic E-state index is 12.3. The molecule has 1 aromatic carbocycles.